The molecule has 0 fully saturated rings. The minimum atomic E-state index is -0.707. The number of hydrogen-bond acceptors (Lipinski definition) is 6. The van der Waals surface area contributed by atoms with Crippen molar-refractivity contribution < 1.29 is 23.7 Å². The minimum Gasteiger partial charge on any atom is -0.452 e. The summed E-state index contributed by atoms with van der Waals surface area (Å²) < 4.78 is 10.5. The molecule has 1 amide bonds. The van der Waals surface area contributed by atoms with Crippen molar-refractivity contribution in [1.82, 2.24) is 0 Å². The van der Waals surface area contributed by atoms with Gasteiger partial charge in [-0.2, -0.15) is 0 Å². The summed E-state index contributed by atoms with van der Waals surface area (Å²) in [5, 5.41) is 13.0. The van der Waals surface area contributed by atoms with E-state index in [-0.39, 0.29) is 5.69 Å². The van der Waals surface area contributed by atoms with Crippen LogP contribution in [0.1, 0.15) is 5.76 Å². The maximum absolute atomic E-state index is 11.6. The molecular formula is C15H11BrN2O6. The van der Waals surface area contributed by atoms with E-state index in [9.17, 15) is 19.7 Å². The Balaban J connectivity index is 1.79. The highest BCUT2D eigenvalue weighted by molar-refractivity contribution is 9.10. The average molecular weight is 395 g/mol. The van der Waals surface area contributed by atoms with E-state index in [1.54, 1.807) is 12.1 Å². The van der Waals surface area contributed by atoms with E-state index in [1.807, 2.05) is 0 Å². The predicted molar refractivity (Wildman–Crippen MR) is 88.1 cm³/mol. The highest BCUT2D eigenvalue weighted by Gasteiger charge is 2.08. The van der Waals surface area contributed by atoms with Crippen LogP contribution < -0.4 is 5.32 Å². The van der Waals surface area contributed by atoms with E-state index in [0.29, 0.717) is 16.1 Å². The SMILES string of the molecule is O=C(COC(=O)/C=C/c1ccc(Br)o1)Nc1ccc([N+](=O)[O-])cc1. The number of benzene rings is 1. The van der Waals surface area contributed by atoms with Gasteiger partial charge in [-0.1, -0.05) is 0 Å². The minimum absolute atomic E-state index is 0.0888. The molecule has 124 valence electrons. The molecule has 0 radical (unpaired) electrons. The largest absolute Gasteiger partial charge is 0.452 e. The lowest BCUT2D eigenvalue weighted by Gasteiger charge is -2.05. The van der Waals surface area contributed by atoms with Crippen LogP contribution in [0.4, 0.5) is 11.4 Å². The van der Waals surface area contributed by atoms with Gasteiger partial charge in [-0.3, -0.25) is 14.9 Å². The molecule has 8 nitrogen and oxygen atoms in total. The van der Waals surface area contributed by atoms with Crippen molar-refractivity contribution in [3.63, 3.8) is 0 Å². The molecule has 24 heavy (non-hydrogen) atoms. The monoisotopic (exact) mass is 394 g/mol. The van der Waals surface area contributed by atoms with Gasteiger partial charge in [0.05, 0.1) is 4.92 Å². The third-order valence-corrected chi connectivity index (χ3v) is 3.11. The van der Waals surface area contributed by atoms with Gasteiger partial charge in [0.15, 0.2) is 11.3 Å². The van der Waals surface area contributed by atoms with E-state index in [0.717, 1.165) is 6.08 Å². The van der Waals surface area contributed by atoms with Gasteiger partial charge in [0.25, 0.3) is 11.6 Å². The number of amides is 1. The van der Waals surface area contributed by atoms with Crippen molar-refractivity contribution in [1.29, 1.82) is 0 Å². The summed E-state index contributed by atoms with van der Waals surface area (Å²) in [6, 6.07) is 8.59. The number of esters is 1. The number of halogens is 1. The first-order valence-electron chi connectivity index (χ1n) is 6.58. The third-order valence-electron chi connectivity index (χ3n) is 2.69. The van der Waals surface area contributed by atoms with Crippen molar-refractivity contribution in [3.8, 4) is 0 Å². The summed E-state index contributed by atoms with van der Waals surface area (Å²) in [5.74, 6) is -0.818. The number of rotatable bonds is 6. The fourth-order valence-electron chi connectivity index (χ4n) is 1.62. The Morgan fingerprint density at radius 1 is 1.25 bits per heavy atom. The Kier molecular flexibility index (Phi) is 5.85. The molecule has 0 saturated heterocycles. The highest BCUT2D eigenvalue weighted by Crippen LogP contribution is 2.16. The number of carbonyl (C=O) groups excluding carboxylic acids is 2. The summed E-state index contributed by atoms with van der Waals surface area (Å²) in [4.78, 5) is 33.1. The summed E-state index contributed by atoms with van der Waals surface area (Å²) >= 11 is 3.13. The molecule has 0 aliphatic rings. The van der Waals surface area contributed by atoms with Crippen LogP contribution in [0, 0.1) is 10.1 Å². The van der Waals surface area contributed by atoms with Crippen LogP contribution >= 0.6 is 15.9 Å². The molecule has 0 unspecified atom stereocenters. The van der Waals surface area contributed by atoms with Crippen molar-refractivity contribution in [2.75, 3.05) is 11.9 Å². The van der Waals surface area contributed by atoms with Gasteiger partial charge < -0.3 is 14.5 Å². The Labute approximate surface area is 144 Å². The lowest BCUT2D eigenvalue weighted by Crippen LogP contribution is -2.20. The van der Waals surface area contributed by atoms with Gasteiger partial charge in [0.1, 0.15) is 5.76 Å². The lowest BCUT2D eigenvalue weighted by molar-refractivity contribution is -0.384. The van der Waals surface area contributed by atoms with E-state index >= 15 is 0 Å². The van der Waals surface area contributed by atoms with Gasteiger partial charge >= 0.3 is 5.97 Å². The molecule has 0 bridgehead atoms. The molecule has 0 atom stereocenters. The molecule has 1 heterocycles. The quantitative estimate of drug-likeness (QED) is 0.348. The molecule has 0 aliphatic heterocycles. The normalized spacial score (nSPS) is 10.5. The van der Waals surface area contributed by atoms with Crippen LogP contribution in [-0.2, 0) is 14.3 Å². The van der Waals surface area contributed by atoms with Gasteiger partial charge in [0.2, 0.25) is 0 Å². The fourth-order valence-corrected chi connectivity index (χ4v) is 1.94. The van der Waals surface area contributed by atoms with Crippen LogP contribution in [-0.4, -0.2) is 23.4 Å². The first kappa shape index (κ1) is 17.4. The molecule has 0 saturated carbocycles. The van der Waals surface area contributed by atoms with E-state index in [1.165, 1.54) is 30.3 Å². The maximum Gasteiger partial charge on any atom is 0.331 e. The zero-order valence-electron chi connectivity index (χ0n) is 12.1. The van der Waals surface area contributed by atoms with E-state index in [2.05, 4.69) is 21.2 Å². The molecular weight excluding hydrogens is 384 g/mol. The number of nitro groups is 1. The van der Waals surface area contributed by atoms with Gasteiger partial charge in [-0.05, 0) is 46.3 Å². The molecule has 2 aromatic rings. The first-order chi connectivity index (χ1) is 11.4. The van der Waals surface area contributed by atoms with Crippen molar-refractivity contribution in [2.24, 2.45) is 0 Å². The number of non-ortho nitro benzene ring substituents is 1. The lowest BCUT2D eigenvalue weighted by atomic mass is 10.3. The molecule has 2 rings (SSSR count). The number of furan rings is 1. The standard InChI is InChI=1S/C15H11BrN2O6/c16-13-7-5-12(24-13)6-8-15(20)23-9-14(19)17-10-1-3-11(4-2-10)18(21)22/h1-8H,9H2,(H,17,19)/b8-6+. The van der Waals surface area contributed by atoms with Crippen LogP contribution in [0.2, 0.25) is 0 Å². The Bertz CT molecular complexity index is 782. The Morgan fingerprint density at radius 2 is 1.96 bits per heavy atom. The molecule has 1 aromatic heterocycles. The molecule has 0 aliphatic carbocycles. The van der Waals surface area contributed by atoms with Crippen molar-refractivity contribution >= 4 is 45.3 Å². The van der Waals surface area contributed by atoms with Crippen LogP contribution in [0.5, 0.6) is 0 Å². The first-order valence-corrected chi connectivity index (χ1v) is 7.38. The number of carbonyl (C=O) groups is 2. The average Bonchev–Trinajstić information content (AvgIpc) is 2.97. The number of nitrogens with one attached hydrogen (secondary N) is 1. The molecule has 1 aromatic carbocycles. The second-order valence-corrected chi connectivity index (χ2v) is 5.22. The van der Waals surface area contributed by atoms with Crippen LogP contribution in [0.3, 0.4) is 0 Å². The van der Waals surface area contributed by atoms with Crippen LogP contribution in [0.25, 0.3) is 6.08 Å². The summed E-state index contributed by atoms with van der Waals surface area (Å²) in [5.41, 5.74) is 0.270. The fraction of sp³-hybridized carbons (Fsp3) is 0.0667. The van der Waals surface area contributed by atoms with Crippen molar-refractivity contribution in [3.05, 3.63) is 63.0 Å². The number of anilines is 1. The zero-order chi connectivity index (χ0) is 17.5. The summed E-state index contributed by atoms with van der Waals surface area (Å²) in [6.07, 6.45) is 2.53. The third kappa shape index (κ3) is 5.36. The second-order valence-electron chi connectivity index (χ2n) is 4.44. The number of hydrogen-bond donors (Lipinski definition) is 1. The summed E-state index contributed by atoms with van der Waals surface area (Å²) in [7, 11) is 0. The Morgan fingerprint density at radius 3 is 2.54 bits per heavy atom. The molecule has 1 N–H and O–H groups in total. The Hall–Kier alpha value is -2.94. The number of nitrogens with zero attached hydrogens (tertiary/aromatic N) is 1. The highest BCUT2D eigenvalue weighted by atomic mass is 79.9. The maximum atomic E-state index is 11.6. The zero-order valence-corrected chi connectivity index (χ0v) is 13.7. The van der Waals surface area contributed by atoms with E-state index in [4.69, 9.17) is 9.15 Å². The predicted octanol–water partition coefficient (Wildman–Crippen LogP) is 3.15. The number of nitro benzene ring substituents is 1. The smallest absolute Gasteiger partial charge is 0.331 e. The van der Waals surface area contributed by atoms with Crippen LogP contribution in [0.15, 0.2) is 51.6 Å². The van der Waals surface area contributed by atoms with Crippen molar-refractivity contribution in [2.45, 2.75) is 0 Å². The molecule has 9 heteroatoms. The summed E-state index contributed by atoms with van der Waals surface area (Å²) in [6.45, 7) is -0.484. The topological polar surface area (TPSA) is 112 Å². The van der Waals surface area contributed by atoms with Gasteiger partial charge in [0, 0.05) is 23.9 Å². The molecule has 0 spiro atoms. The second kappa shape index (κ2) is 8.06. The number of ether oxygens (including phenoxy) is 1. The van der Waals surface area contributed by atoms with Gasteiger partial charge in [-0.25, -0.2) is 4.79 Å². The van der Waals surface area contributed by atoms with E-state index < -0.39 is 23.4 Å². The van der Waals surface area contributed by atoms with Gasteiger partial charge in [-0.15, -0.1) is 0 Å².